The molecule has 0 amide bonds. The summed E-state index contributed by atoms with van der Waals surface area (Å²) < 4.78 is 9.32. The Balaban J connectivity index is 1.21. The van der Waals surface area contributed by atoms with Crippen LogP contribution in [0.4, 0.5) is 28.6 Å². The average Bonchev–Trinajstić information content (AvgIpc) is 3.09. The monoisotopic (exact) mass is 625 g/mol. The van der Waals surface area contributed by atoms with Gasteiger partial charge in [0.1, 0.15) is 23.7 Å². The van der Waals surface area contributed by atoms with Crippen LogP contribution in [0.25, 0.3) is 0 Å². The minimum Gasteiger partial charge on any atom is -0.497 e. The molecule has 3 N–H and O–H groups in total. The first-order chi connectivity index (χ1) is 22.6. The van der Waals surface area contributed by atoms with Gasteiger partial charge in [-0.25, -0.2) is 9.13 Å². The number of benzene rings is 2. The van der Waals surface area contributed by atoms with Crippen LogP contribution < -0.4 is 24.1 Å². The summed E-state index contributed by atoms with van der Waals surface area (Å²) in [5.41, 5.74) is 3.19. The van der Waals surface area contributed by atoms with Gasteiger partial charge in [0.15, 0.2) is 18.9 Å². The molecule has 0 aliphatic carbocycles. The van der Waals surface area contributed by atoms with Crippen LogP contribution in [-0.2, 0) is 13.1 Å². The van der Waals surface area contributed by atoms with E-state index in [4.69, 9.17) is 4.74 Å². The molecule has 12 heteroatoms. The lowest BCUT2D eigenvalue weighted by Gasteiger charge is -2.22. The number of aromatic nitrogens is 2. The summed E-state index contributed by atoms with van der Waals surface area (Å²) >= 11 is 0. The lowest BCUT2D eigenvalue weighted by Crippen LogP contribution is -2.38. The van der Waals surface area contributed by atoms with E-state index in [1.54, 1.807) is 7.11 Å². The zero-order valence-corrected chi connectivity index (χ0v) is 26.4. The van der Waals surface area contributed by atoms with Gasteiger partial charge in [0, 0.05) is 50.4 Å². The summed E-state index contributed by atoms with van der Waals surface area (Å²) in [6.45, 7) is 4.01. The Hall–Kier alpha value is -5.20. The predicted molar refractivity (Wildman–Crippen MR) is 177 cm³/mol. The van der Waals surface area contributed by atoms with Crippen molar-refractivity contribution in [1.82, 2.24) is 10.2 Å². The molecule has 0 saturated heterocycles. The number of pyridine rings is 2. The second-order valence-electron chi connectivity index (χ2n) is 10.4. The van der Waals surface area contributed by atoms with E-state index in [0.29, 0.717) is 13.1 Å². The summed E-state index contributed by atoms with van der Waals surface area (Å²) in [6.07, 6.45) is 9.95. The first-order valence-corrected chi connectivity index (χ1v) is 15.2. The summed E-state index contributed by atoms with van der Waals surface area (Å²) in [5.74, 6) is 1.54. The molecule has 240 valence electrons. The predicted octanol–water partition coefficient (Wildman–Crippen LogP) is 4.58. The molecule has 0 bridgehead atoms. The molecule has 0 spiro atoms. The van der Waals surface area contributed by atoms with Crippen molar-refractivity contribution in [2.75, 3.05) is 58.5 Å². The molecule has 0 fully saturated rings. The van der Waals surface area contributed by atoms with Gasteiger partial charge in [-0.3, -0.25) is 0 Å². The van der Waals surface area contributed by atoms with E-state index < -0.39 is 0 Å². The van der Waals surface area contributed by atoms with E-state index in [9.17, 15) is 10.2 Å². The lowest BCUT2D eigenvalue weighted by atomic mass is 10.2. The van der Waals surface area contributed by atoms with Gasteiger partial charge in [0.25, 0.3) is 0 Å². The zero-order valence-electron chi connectivity index (χ0n) is 26.4. The molecule has 0 aliphatic rings. The molecule has 2 aromatic heterocycles. The van der Waals surface area contributed by atoms with Crippen molar-refractivity contribution in [3.63, 3.8) is 0 Å². The molecule has 0 aliphatic heterocycles. The van der Waals surface area contributed by atoms with Gasteiger partial charge in [0.2, 0.25) is 0 Å². The van der Waals surface area contributed by atoms with Crippen molar-refractivity contribution in [1.29, 1.82) is 0 Å². The Morgan fingerprint density at radius 2 is 1.46 bits per heavy atom. The number of aliphatic hydroxyl groups excluding tert-OH is 2. The normalized spacial score (nSPS) is 11.5. The second kappa shape index (κ2) is 18.6. The number of nitrogens with one attached hydrogen (secondary N) is 1. The number of aliphatic hydroxyl groups is 2. The van der Waals surface area contributed by atoms with Gasteiger partial charge in [-0.05, 0) is 65.8 Å². The standard InChI is InChI=1S/C34H43N9O3/c1-40(20-16-35-17-21-41-18-5-6-31(28-41)38-36-30-10-14-33(46-2)15-11-30)22-23-43-19-4-3-7-34(43)39-37-29-8-12-32(13-9-29)42(24-26-44)25-27-45/h3-16,18-20,28,35,44-45H,17,21-27H2,1-2H3/q+2/b20-16-,38-36?. The highest BCUT2D eigenvalue weighted by atomic mass is 16.5. The number of rotatable bonds is 18. The molecule has 12 nitrogen and oxygen atoms in total. The number of ether oxygens (including phenoxy) is 1. The highest BCUT2D eigenvalue weighted by molar-refractivity contribution is 5.52. The summed E-state index contributed by atoms with van der Waals surface area (Å²) in [4.78, 5) is 4.04. The fraction of sp³-hybridized carbons (Fsp3) is 0.294. The highest BCUT2D eigenvalue weighted by Gasteiger charge is 2.10. The molecule has 46 heavy (non-hydrogen) atoms. The van der Waals surface area contributed by atoms with E-state index in [-0.39, 0.29) is 13.2 Å². The number of methoxy groups -OCH3 is 1. The van der Waals surface area contributed by atoms with Crippen molar-refractivity contribution >= 4 is 28.6 Å². The highest BCUT2D eigenvalue weighted by Crippen LogP contribution is 2.22. The number of hydrogen-bond acceptors (Lipinski definition) is 10. The number of nitrogens with zero attached hydrogens (tertiary/aromatic N) is 8. The molecule has 2 heterocycles. The molecule has 0 unspecified atom stereocenters. The maximum Gasteiger partial charge on any atom is 0.350 e. The van der Waals surface area contributed by atoms with E-state index in [0.717, 1.165) is 60.5 Å². The van der Waals surface area contributed by atoms with Crippen LogP contribution in [0.15, 0.2) is 130 Å². The van der Waals surface area contributed by atoms with Gasteiger partial charge in [-0.15, -0.1) is 5.11 Å². The first-order valence-electron chi connectivity index (χ1n) is 15.2. The lowest BCUT2D eigenvalue weighted by molar-refractivity contribution is -0.694. The number of likely N-dealkylation sites (N-methyl/N-ethyl adjacent to an activating group) is 1. The third kappa shape index (κ3) is 11.1. The third-order valence-corrected chi connectivity index (χ3v) is 6.99. The SMILES string of the molecule is COc1ccc(N=Nc2ccc[n+](CCN/C=C\N(C)CC[n+]3ccccc3N=Nc3ccc(N(CCO)CCO)cc3)c2)cc1. The van der Waals surface area contributed by atoms with Gasteiger partial charge >= 0.3 is 5.82 Å². The fourth-order valence-electron chi connectivity index (χ4n) is 4.47. The average molecular weight is 626 g/mol. The van der Waals surface area contributed by atoms with Crippen LogP contribution in [0.5, 0.6) is 5.75 Å². The van der Waals surface area contributed by atoms with Gasteiger partial charge in [0.05, 0.1) is 50.4 Å². The van der Waals surface area contributed by atoms with E-state index in [2.05, 4.69) is 39.8 Å². The van der Waals surface area contributed by atoms with Crippen LogP contribution in [0, 0.1) is 0 Å². The maximum absolute atomic E-state index is 9.28. The van der Waals surface area contributed by atoms with E-state index in [1.165, 1.54) is 0 Å². The van der Waals surface area contributed by atoms with Crippen molar-refractivity contribution in [3.05, 3.63) is 110 Å². The second-order valence-corrected chi connectivity index (χ2v) is 10.4. The Kier molecular flexibility index (Phi) is 13.6. The zero-order chi connectivity index (χ0) is 32.4. The van der Waals surface area contributed by atoms with Crippen LogP contribution >= 0.6 is 0 Å². The minimum atomic E-state index is 0.0211. The Labute approximate surface area is 270 Å². The Morgan fingerprint density at radius 1 is 0.761 bits per heavy atom. The van der Waals surface area contributed by atoms with Crippen molar-refractivity contribution in [2.45, 2.75) is 13.1 Å². The van der Waals surface area contributed by atoms with Crippen molar-refractivity contribution in [2.24, 2.45) is 20.5 Å². The third-order valence-electron chi connectivity index (χ3n) is 6.99. The minimum absolute atomic E-state index is 0.0211. The van der Waals surface area contributed by atoms with Gasteiger partial charge in [-0.1, -0.05) is 6.07 Å². The van der Waals surface area contributed by atoms with Gasteiger partial charge in [-0.2, -0.15) is 5.11 Å². The topological polar surface area (TPSA) is 125 Å². The van der Waals surface area contributed by atoms with Gasteiger partial charge < -0.3 is 30.1 Å². The molecule has 2 aromatic carbocycles. The largest absolute Gasteiger partial charge is 0.497 e. The molecule has 0 radical (unpaired) electrons. The molecule has 0 saturated carbocycles. The molecule has 4 aromatic rings. The first kappa shape index (κ1) is 33.7. The Morgan fingerprint density at radius 3 is 2.17 bits per heavy atom. The Bertz CT molecular complexity index is 1560. The molecule has 0 atom stereocenters. The summed E-state index contributed by atoms with van der Waals surface area (Å²) in [7, 11) is 3.67. The molecule has 4 rings (SSSR count). The smallest absolute Gasteiger partial charge is 0.350 e. The molecular formula is C34H43N9O3+2. The molecular weight excluding hydrogens is 582 g/mol. The number of azo groups is 2. The maximum atomic E-state index is 9.28. The van der Waals surface area contributed by atoms with Crippen molar-refractivity contribution < 1.29 is 24.1 Å². The fourth-order valence-corrected chi connectivity index (χ4v) is 4.47. The van der Waals surface area contributed by atoms with Crippen LogP contribution in [0.2, 0.25) is 0 Å². The van der Waals surface area contributed by atoms with E-state index in [1.807, 2.05) is 122 Å². The summed E-state index contributed by atoms with van der Waals surface area (Å²) in [5, 5.41) is 39.5. The van der Waals surface area contributed by atoms with E-state index >= 15 is 0 Å². The number of hydrogen-bond donors (Lipinski definition) is 3. The van der Waals surface area contributed by atoms with Crippen LogP contribution in [-0.4, -0.2) is 68.7 Å². The quantitative estimate of drug-likeness (QED) is 0.0845. The summed E-state index contributed by atoms with van der Waals surface area (Å²) in [6, 6.07) is 24.8. The van der Waals surface area contributed by atoms with Crippen molar-refractivity contribution in [3.8, 4) is 5.75 Å². The van der Waals surface area contributed by atoms with Crippen LogP contribution in [0.1, 0.15) is 0 Å². The number of anilines is 1. The van der Waals surface area contributed by atoms with Crippen LogP contribution in [0.3, 0.4) is 0 Å².